The van der Waals surface area contributed by atoms with Gasteiger partial charge in [0.1, 0.15) is 0 Å². The molecule has 1 aliphatic heterocycles. The van der Waals surface area contributed by atoms with Gasteiger partial charge in [-0.2, -0.15) is 0 Å². The van der Waals surface area contributed by atoms with E-state index in [0.717, 1.165) is 19.3 Å². The van der Waals surface area contributed by atoms with Crippen LogP contribution in [0.15, 0.2) is 24.3 Å². The number of piperidine rings is 1. The van der Waals surface area contributed by atoms with E-state index >= 15 is 0 Å². The Bertz CT molecular complexity index is 685. The van der Waals surface area contributed by atoms with E-state index < -0.39 is 10.0 Å². The Labute approximate surface area is 155 Å². The van der Waals surface area contributed by atoms with Crippen molar-refractivity contribution in [1.29, 1.82) is 0 Å². The molecule has 0 saturated carbocycles. The maximum atomic E-state index is 12.7. The average Bonchev–Trinajstić information content (AvgIpc) is 2.61. The molecule has 3 N–H and O–H groups in total. The number of sulfonamides is 1. The highest BCUT2D eigenvalue weighted by Gasteiger charge is 2.24. The molecule has 0 radical (unpaired) electrons. The molecule has 0 spiro atoms. The van der Waals surface area contributed by atoms with Gasteiger partial charge in [-0.05, 0) is 50.4 Å². The number of benzene rings is 1. The number of hydrogen-bond donors (Lipinski definition) is 2. The van der Waals surface area contributed by atoms with Crippen LogP contribution in [0.3, 0.4) is 0 Å². The van der Waals surface area contributed by atoms with Crippen molar-refractivity contribution in [3.05, 3.63) is 29.8 Å². The zero-order valence-corrected chi connectivity index (χ0v) is 16.1. The van der Waals surface area contributed by atoms with Gasteiger partial charge in [0.25, 0.3) is 5.91 Å². The van der Waals surface area contributed by atoms with Crippen LogP contribution in [-0.4, -0.2) is 57.3 Å². The number of anilines is 1. The van der Waals surface area contributed by atoms with Crippen LogP contribution in [-0.2, 0) is 14.8 Å². The number of nitrogens with one attached hydrogen (secondary N) is 1. The summed E-state index contributed by atoms with van der Waals surface area (Å²) < 4.78 is 32.1. The second kappa shape index (κ2) is 9.89. The average molecular weight is 384 g/mol. The van der Waals surface area contributed by atoms with Crippen molar-refractivity contribution in [2.45, 2.75) is 38.7 Å². The number of hydrogen-bond acceptors (Lipinski definition) is 5. The van der Waals surface area contributed by atoms with E-state index in [0.29, 0.717) is 43.9 Å². The minimum absolute atomic E-state index is 0.0584. The van der Waals surface area contributed by atoms with Gasteiger partial charge < -0.3 is 15.4 Å². The lowest BCUT2D eigenvalue weighted by Crippen LogP contribution is -2.41. The van der Waals surface area contributed by atoms with Crippen LogP contribution >= 0.6 is 0 Å². The fourth-order valence-corrected chi connectivity index (χ4v) is 4.08. The molecule has 146 valence electrons. The van der Waals surface area contributed by atoms with E-state index in [1.807, 2.05) is 6.92 Å². The molecule has 8 heteroatoms. The van der Waals surface area contributed by atoms with Gasteiger partial charge in [-0.1, -0.05) is 13.0 Å². The predicted octanol–water partition coefficient (Wildman–Crippen LogP) is 1.81. The Morgan fingerprint density at radius 3 is 2.73 bits per heavy atom. The second-order valence-corrected chi connectivity index (χ2v) is 8.35. The summed E-state index contributed by atoms with van der Waals surface area (Å²) in [4.78, 5) is 14.5. The van der Waals surface area contributed by atoms with Crippen molar-refractivity contribution in [1.82, 2.24) is 4.90 Å². The van der Waals surface area contributed by atoms with E-state index in [-0.39, 0.29) is 17.8 Å². The topological polar surface area (TPSA) is 102 Å². The predicted molar refractivity (Wildman–Crippen MR) is 103 cm³/mol. The molecule has 1 fully saturated rings. The third kappa shape index (κ3) is 6.26. The number of nitrogens with zero attached hydrogens (tertiary/aromatic N) is 1. The first-order valence-corrected chi connectivity index (χ1v) is 10.8. The summed E-state index contributed by atoms with van der Waals surface area (Å²) in [5.41, 5.74) is 6.37. The van der Waals surface area contributed by atoms with Crippen LogP contribution < -0.4 is 10.5 Å². The lowest BCUT2D eigenvalue weighted by Gasteiger charge is -2.32. The molecule has 1 aromatic carbocycles. The minimum atomic E-state index is -3.37. The number of carbonyl (C=O) groups excluding carboxylic acids is 1. The Morgan fingerprint density at radius 1 is 1.35 bits per heavy atom. The molecular weight excluding hydrogens is 354 g/mol. The highest BCUT2D eigenvalue weighted by Crippen LogP contribution is 2.19. The summed E-state index contributed by atoms with van der Waals surface area (Å²) in [5, 5.41) is 0. The van der Waals surface area contributed by atoms with E-state index in [1.54, 1.807) is 29.2 Å². The molecule has 1 aromatic rings. The van der Waals surface area contributed by atoms with Crippen molar-refractivity contribution >= 4 is 21.6 Å². The fourth-order valence-electron chi connectivity index (χ4n) is 2.96. The summed E-state index contributed by atoms with van der Waals surface area (Å²) in [6.45, 7) is 4.36. The van der Waals surface area contributed by atoms with Gasteiger partial charge in [0.15, 0.2) is 0 Å². The van der Waals surface area contributed by atoms with E-state index in [2.05, 4.69) is 4.72 Å². The van der Waals surface area contributed by atoms with Gasteiger partial charge in [-0.3, -0.25) is 9.52 Å². The standard InChI is InChI=1S/C18H29N3O4S/c1-2-13-26(23,24)20-16-6-3-5-15(14-16)18(22)21-10-7-17(8-11-21)25-12-4-9-19/h3,5-6,14,17,20H,2,4,7-13,19H2,1H3. The van der Waals surface area contributed by atoms with Crippen LogP contribution in [0.25, 0.3) is 0 Å². The van der Waals surface area contributed by atoms with Crippen molar-refractivity contribution in [2.24, 2.45) is 5.73 Å². The molecule has 1 heterocycles. The molecule has 0 aromatic heterocycles. The first-order valence-electron chi connectivity index (χ1n) is 9.16. The van der Waals surface area contributed by atoms with Gasteiger partial charge in [0.05, 0.1) is 11.9 Å². The summed E-state index contributed by atoms with van der Waals surface area (Å²) in [6, 6.07) is 6.66. The first-order chi connectivity index (χ1) is 12.4. The van der Waals surface area contributed by atoms with Gasteiger partial charge >= 0.3 is 0 Å². The Kier molecular flexibility index (Phi) is 7.86. The number of carbonyl (C=O) groups is 1. The molecule has 0 atom stereocenters. The molecule has 2 rings (SSSR count). The van der Waals surface area contributed by atoms with Crippen LogP contribution in [0.4, 0.5) is 5.69 Å². The van der Waals surface area contributed by atoms with Crippen LogP contribution in [0.1, 0.15) is 43.0 Å². The number of amides is 1. The summed E-state index contributed by atoms with van der Waals surface area (Å²) >= 11 is 0. The highest BCUT2D eigenvalue weighted by atomic mass is 32.2. The first kappa shape index (κ1) is 20.7. The maximum Gasteiger partial charge on any atom is 0.253 e. The molecule has 1 aliphatic rings. The molecule has 7 nitrogen and oxygen atoms in total. The van der Waals surface area contributed by atoms with E-state index in [1.165, 1.54) is 0 Å². The van der Waals surface area contributed by atoms with Gasteiger partial charge in [0.2, 0.25) is 10.0 Å². The van der Waals surface area contributed by atoms with Crippen molar-refractivity contribution in [3.63, 3.8) is 0 Å². The van der Waals surface area contributed by atoms with Crippen molar-refractivity contribution < 1.29 is 17.9 Å². The summed E-state index contributed by atoms with van der Waals surface area (Å²) in [7, 11) is -3.37. The Balaban J connectivity index is 1.93. The molecule has 0 bridgehead atoms. The third-order valence-electron chi connectivity index (χ3n) is 4.29. The summed E-state index contributed by atoms with van der Waals surface area (Å²) in [5.74, 6) is -0.0232. The Morgan fingerprint density at radius 2 is 2.08 bits per heavy atom. The van der Waals surface area contributed by atoms with E-state index in [4.69, 9.17) is 10.5 Å². The van der Waals surface area contributed by atoms with Gasteiger partial charge in [0, 0.05) is 30.9 Å². The minimum Gasteiger partial charge on any atom is -0.378 e. The van der Waals surface area contributed by atoms with E-state index in [9.17, 15) is 13.2 Å². The molecule has 0 unspecified atom stereocenters. The second-order valence-electron chi connectivity index (χ2n) is 6.51. The largest absolute Gasteiger partial charge is 0.378 e. The SMILES string of the molecule is CCCS(=O)(=O)Nc1cccc(C(=O)N2CCC(OCCCN)CC2)c1. The normalized spacial score (nSPS) is 15.8. The van der Waals surface area contributed by atoms with Crippen LogP contribution in [0.2, 0.25) is 0 Å². The van der Waals surface area contributed by atoms with Crippen molar-refractivity contribution in [2.75, 3.05) is 36.7 Å². The fraction of sp³-hybridized carbons (Fsp3) is 0.611. The monoisotopic (exact) mass is 383 g/mol. The number of likely N-dealkylation sites (tertiary alicyclic amines) is 1. The molecule has 0 aliphatic carbocycles. The quantitative estimate of drug-likeness (QED) is 0.633. The third-order valence-corrected chi connectivity index (χ3v) is 5.78. The lowest BCUT2D eigenvalue weighted by molar-refractivity contribution is 0.00844. The highest BCUT2D eigenvalue weighted by molar-refractivity contribution is 7.92. The number of rotatable bonds is 9. The zero-order valence-electron chi connectivity index (χ0n) is 15.3. The Hall–Kier alpha value is -1.64. The molecule has 26 heavy (non-hydrogen) atoms. The van der Waals surface area contributed by atoms with Crippen LogP contribution in [0.5, 0.6) is 0 Å². The van der Waals surface area contributed by atoms with Gasteiger partial charge in [-0.25, -0.2) is 8.42 Å². The van der Waals surface area contributed by atoms with Crippen molar-refractivity contribution in [3.8, 4) is 0 Å². The number of nitrogens with two attached hydrogens (primary N) is 1. The zero-order chi connectivity index (χ0) is 19.0. The molecule has 1 amide bonds. The smallest absolute Gasteiger partial charge is 0.253 e. The molecule has 1 saturated heterocycles. The maximum absolute atomic E-state index is 12.7. The van der Waals surface area contributed by atoms with Crippen LogP contribution in [0, 0.1) is 0 Å². The molecular formula is C18H29N3O4S. The number of ether oxygens (including phenoxy) is 1. The lowest BCUT2D eigenvalue weighted by atomic mass is 10.1. The van der Waals surface area contributed by atoms with Gasteiger partial charge in [-0.15, -0.1) is 0 Å². The summed E-state index contributed by atoms with van der Waals surface area (Å²) in [6.07, 6.45) is 3.17.